The Hall–Kier alpha value is -5.67. The van der Waals surface area contributed by atoms with Crippen LogP contribution in [0.1, 0.15) is 84.5 Å². The van der Waals surface area contributed by atoms with Crippen molar-refractivity contribution >= 4 is 52.6 Å². The van der Waals surface area contributed by atoms with Gasteiger partial charge in [0.25, 0.3) is 0 Å². The fraction of sp³-hybridized carbons (Fsp3) is 0.204. The van der Waals surface area contributed by atoms with E-state index in [2.05, 4.69) is 163 Å². The Morgan fingerprint density at radius 3 is 2.19 bits per heavy atom. The van der Waals surface area contributed by atoms with E-state index in [1.165, 1.54) is 88.0 Å². The van der Waals surface area contributed by atoms with Gasteiger partial charge in [-0.1, -0.05) is 123 Å². The van der Waals surface area contributed by atoms with Crippen molar-refractivity contribution in [1.82, 2.24) is 4.98 Å². The summed E-state index contributed by atoms with van der Waals surface area (Å²) in [5.41, 5.74) is 17.8. The van der Waals surface area contributed by atoms with Crippen molar-refractivity contribution in [2.75, 3.05) is 16.3 Å². The molecule has 5 aromatic rings. The van der Waals surface area contributed by atoms with Crippen molar-refractivity contribution in [3.8, 4) is 0 Å². The highest BCUT2D eigenvalue weighted by Crippen LogP contribution is 2.57. The van der Waals surface area contributed by atoms with Crippen LogP contribution < -0.4 is 9.80 Å². The second-order valence-electron chi connectivity index (χ2n) is 14.6. The predicted octanol–water partition coefficient (Wildman–Crippen LogP) is 12.7. The van der Waals surface area contributed by atoms with Crippen molar-refractivity contribution in [2.24, 2.45) is 0 Å². The molecule has 3 heteroatoms. The molecule has 0 bridgehead atoms. The number of allylic oxidation sites excluding steroid dienone is 5. The number of pyridine rings is 1. The number of nitrogens with zero attached hydrogens (tertiary/aromatic N) is 3. The van der Waals surface area contributed by atoms with Gasteiger partial charge < -0.3 is 9.80 Å². The summed E-state index contributed by atoms with van der Waals surface area (Å²) in [5, 5.41) is 0. The fourth-order valence-corrected chi connectivity index (χ4v) is 9.23. The van der Waals surface area contributed by atoms with E-state index in [0.717, 1.165) is 42.1 Å². The Morgan fingerprint density at radius 2 is 1.50 bits per heavy atom. The SMILES string of the molecule is C=CC1=C(C=C(CC)N2CCCc3ccccc32)C2(CCCC2)c2cc(C=Cc3ccc(N4c5ccccc5C=Cc5ccccc54)cn3)ccc21. The third kappa shape index (κ3) is 5.47. The summed E-state index contributed by atoms with van der Waals surface area (Å²) in [7, 11) is 0. The topological polar surface area (TPSA) is 19.4 Å². The Bertz CT molecular complexity index is 2240. The summed E-state index contributed by atoms with van der Waals surface area (Å²) in [6, 6.07) is 37.5. The van der Waals surface area contributed by atoms with Crippen LogP contribution in [0.4, 0.5) is 22.7 Å². The van der Waals surface area contributed by atoms with Gasteiger partial charge in [0, 0.05) is 23.3 Å². The van der Waals surface area contributed by atoms with Gasteiger partial charge in [-0.3, -0.25) is 4.98 Å². The highest BCUT2D eigenvalue weighted by molar-refractivity contribution is 5.93. The molecular formula is C49H45N3. The van der Waals surface area contributed by atoms with Crippen molar-refractivity contribution in [3.05, 3.63) is 178 Å². The average molecular weight is 676 g/mol. The van der Waals surface area contributed by atoms with Crippen molar-refractivity contribution in [1.29, 1.82) is 0 Å². The first-order valence-corrected chi connectivity index (χ1v) is 19.1. The first kappa shape index (κ1) is 32.3. The molecule has 0 unspecified atom stereocenters. The number of fused-ring (bicyclic) bond motifs is 5. The largest absolute Gasteiger partial charge is 0.345 e. The smallest absolute Gasteiger partial charge is 0.0645 e. The molecule has 0 saturated heterocycles. The standard InChI is InChI=1S/C49H45N3/c1-3-40(51-31-13-17-36-14-5-8-18-46(36)51)33-45-42(4-2)43-28-22-35(32-44(43)49(45)29-11-12-30-49)21-25-39-26-27-41(34-50-39)52-47-19-9-6-15-37(47)23-24-38-16-7-10-20-48(38)52/h4-10,14-16,18-28,32-34H,2-3,11-13,17,29-31H2,1H3. The zero-order valence-corrected chi connectivity index (χ0v) is 30.1. The van der Waals surface area contributed by atoms with Crippen LogP contribution in [0.3, 0.4) is 0 Å². The van der Waals surface area contributed by atoms with Crippen molar-refractivity contribution in [3.63, 3.8) is 0 Å². The maximum Gasteiger partial charge on any atom is 0.0645 e. The van der Waals surface area contributed by atoms with Crippen molar-refractivity contribution < 1.29 is 0 Å². The molecular weight excluding hydrogens is 631 g/mol. The van der Waals surface area contributed by atoms with Crippen LogP contribution in [0.15, 0.2) is 139 Å². The molecule has 0 radical (unpaired) electrons. The lowest BCUT2D eigenvalue weighted by Crippen LogP contribution is -2.29. The van der Waals surface area contributed by atoms with E-state index in [9.17, 15) is 0 Å². The van der Waals surface area contributed by atoms with E-state index < -0.39 is 0 Å². The van der Waals surface area contributed by atoms with Gasteiger partial charge in [0.2, 0.25) is 0 Å². The number of hydrogen-bond acceptors (Lipinski definition) is 3. The van der Waals surface area contributed by atoms with E-state index in [0.29, 0.717) is 0 Å². The molecule has 52 heavy (non-hydrogen) atoms. The molecule has 1 spiro atoms. The lowest BCUT2D eigenvalue weighted by Gasteiger charge is -2.35. The molecule has 3 nitrogen and oxygen atoms in total. The molecule has 2 aliphatic heterocycles. The quantitative estimate of drug-likeness (QED) is 0.168. The second kappa shape index (κ2) is 13.5. The monoisotopic (exact) mass is 675 g/mol. The summed E-state index contributed by atoms with van der Waals surface area (Å²) < 4.78 is 0. The van der Waals surface area contributed by atoms with Gasteiger partial charge in [-0.15, -0.1) is 0 Å². The number of para-hydroxylation sites is 3. The minimum Gasteiger partial charge on any atom is -0.345 e. The van der Waals surface area contributed by atoms with Gasteiger partial charge in [0.05, 0.1) is 29.0 Å². The molecule has 4 aromatic carbocycles. The predicted molar refractivity (Wildman–Crippen MR) is 221 cm³/mol. The molecule has 0 N–H and O–H groups in total. The summed E-state index contributed by atoms with van der Waals surface area (Å²) in [6.45, 7) is 7.76. The molecule has 0 amide bonds. The van der Waals surface area contributed by atoms with Crippen LogP contribution in [0.5, 0.6) is 0 Å². The van der Waals surface area contributed by atoms with Crippen LogP contribution in [0.25, 0.3) is 29.9 Å². The zero-order valence-electron chi connectivity index (χ0n) is 30.1. The van der Waals surface area contributed by atoms with Gasteiger partial charge in [0.1, 0.15) is 0 Å². The molecule has 3 heterocycles. The van der Waals surface area contributed by atoms with Crippen LogP contribution >= 0.6 is 0 Å². The van der Waals surface area contributed by atoms with E-state index in [4.69, 9.17) is 4.98 Å². The van der Waals surface area contributed by atoms with Gasteiger partial charge in [-0.05, 0) is 119 Å². The maximum absolute atomic E-state index is 4.95. The minimum atomic E-state index is 0.0346. The van der Waals surface area contributed by atoms with Gasteiger partial charge in [-0.2, -0.15) is 0 Å². The zero-order chi connectivity index (χ0) is 35.1. The molecule has 1 aromatic heterocycles. The Labute approximate surface area is 308 Å². The molecule has 1 saturated carbocycles. The first-order chi connectivity index (χ1) is 25.7. The number of aryl methyl sites for hydroxylation is 1. The molecule has 0 atom stereocenters. The normalized spacial score (nSPS) is 17.3. The summed E-state index contributed by atoms with van der Waals surface area (Å²) in [5.74, 6) is 0. The fourth-order valence-electron chi connectivity index (χ4n) is 9.23. The number of anilines is 4. The molecule has 9 rings (SSSR count). The molecule has 256 valence electrons. The van der Waals surface area contributed by atoms with Gasteiger partial charge >= 0.3 is 0 Å². The first-order valence-electron chi connectivity index (χ1n) is 19.1. The van der Waals surface area contributed by atoms with Crippen LogP contribution in [-0.4, -0.2) is 11.5 Å². The van der Waals surface area contributed by atoms with E-state index in [1.54, 1.807) is 0 Å². The maximum atomic E-state index is 4.95. The lowest BCUT2D eigenvalue weighted by atomic mass is 9.75. The number of hydrogen-bond donors (Lipinski definition) is 0. The van der Waals surface area contributed by atoms with Crippen LogP contribution in [0, 0.1) is 0 Å². The third-order valence-electron chi connectivity index (χ3n) is 11.7. The third-order valence-corrected chi connectivity index (χ3v) is 11.7. The molecule has 1 fully saturated rings. The lowest BCUT2D eigenvalue weighted by molar-refractivity contribution is 0.543. The Kier molecular flexibility index (Phi) is 8.35. The number of rotatable bonds is 7. The summed E-state index contributed by atoms with van der Waals surface area (Å²) in [4.78, 5) is 9.85. The average Bonchev–Trinajstić information content (AvgIpc) is 3.74. The highest BCUT2D eigenvalue weighted by Gasteiger charge is 2.45. The van der Waals surface area contributed by atoms with Crippen LogP contribution in [0.2, 0.25) is 0 Å². The summed E-state index contributed by atoms with van der Waals surface area (Å²) >= 11 is 0. The van der Waals surface area contributed by atoms with Gasteiger partial charge in [0.15, 0.2) is 0 Å². The van der Waals surface area contributed by atoms with Gasteiger partial charge in [-0.25, -0.2) is 0 Å². The molecule has 2 aliphatic carbocycles. The number of aromatic nitrogens is 1. The minimum absolute atomic E-state index is 0.0346. The van der Waals surface area contributed by atoms with E-state index >= 15 is 0 Å². The second-order valence-corrected chi connectivity index (χ2v) is 14.6. The number of benzene rings is 4. The van der Waals surface area contributed by atoms with E-state index in [-0.39, 0.29) is 5.41 Å². The molecule has 4 aliphatic rings. The summed E-state index contributed by atoms with van der Waals surface area (Å²) in [6.07, 6.45) is 23.7. The highest BCUT2D eigenvalue weighted by atomic mass is 15.2. The Morgan fingerprint density at radius 1 is 0.788 bits per heavy atom. The van der Waals surface area contributed by atoms with E-state index in [1.807, 2.05) is 6.20 Å². The van der Waals surface area contributed by atoms with Crippen molar-refractivity contribution in [2.45, 2.75) is 57.3 Å². The van der Waals surface area contributed by atoms with Crippen LogP contribution in [-0.2, 0) is 11.8 Å². The Balaban J connectivity index is 1.03.